The number of rotatable bonds is 5. The Morgan fingerprint density at radius 1 is 1.20 bits per heavy atom. The molecule has 0 fully saturated rings. The van der Waals surface area contributed by atoms with Crippen LogP contribution >= 0.6 is 0 Å². The lowest BCUT2D eigenvalue weighted by molar-refractivity contribution is -0.134. The zero-order valence-corrected chi connectivity index (χ0v) is 13.6. The van der Waals surface area contributed by atoms with Gasteiger partial charge in [-0.1, -0.05) is 0 Å². The molecular formula is C16H20N4O5. The number of primary amides is 1. The van der Waals surface area contributed by atoms with Gasteiger partial charge in [0.25, 0.3) is 0 Å². The maximum absolute atomic E-state index is 10.8. The summed E-state index contributed by atoms with van der Waals surface area (Å²) in [7, 11) is 1.99. The average molecular weight is 348 g/mol. The third-order valence-electron chi connectivity index (χ3n) is 3.12. The normalized spacial score (nSPS) is 10.3. The van der Waals surface area contributed by atoms with E-state index in [1.165, 1.54) is 5.56 Å². The fourth-order valence-corrected chi connectivity index (χ4v) is 2.19. The molecule has 0 aliphatic carbocycles. The predicted octanol–water partition coefficient (Wildman–Crippen LogP) is 0.882. The molecule has 9 nitrogen and oxygen atoms in total. The number of aromatic nitrogens is 1. The van der Waals surface area contributed by atoms with E-state index in [0.717, 1.165) is 17.3 Å². The molecule has 0 unspecified atom stereocenters. The van der Waals surface area contributed by atoms with Crippen LogP contribution in [0.3, 0.4) is 0 Å². The van der Waals surface area contributed by atoms with Gasteiger partial charge < -0.3 is 31.6 Å². The second-order valence-electron chi connectivity index (χ2n) is 5.03. The lowest BCUT2D eigenvalue weighted by atomic mass is 10.1. The highest BCUT2D eigenvalue weighted by atomic mass is 16.4. The molecule has 0 saturated carbocycles. The number of aryl methyl sites for hydroxylation is 1. The number of nitrogens with one attached hydrogen (secondary N) is 1. The third-order valence-corrected chi connectivity index (χ3v) is 3.12. The van der Waals surface area contributed by atoms with Crippen molar-refractivity contribution in [3.63, 3.8) is 0 Å². The summed E-state index contributed by atoms with van der Waals surface area (Å²) in [6, 6.07) is 5.16. The fraction of sp³-hybridized carbons (Fsp3) is 0.188. The van der Waals surface area contributed by atoms with Crippen LogP contribution in [0.2, 0.25) is 0 Å². The lowest BCUT2D eigenvalue weighted by Crippen LogP contribution is -2.19. The smallest absolute Gasteiger partial charge is 0.328 e. The highest BCUT2D eigenvalue weighted by Gasteiger charge is 2.07. The molecule has 0 saturated heterocycles. The number of amides is 2. The number of hydrogen-bond donors (Lipinski definition) is 5. The molecule has 0 spiro atoms. The van der Waals surface area contributed by atoms with Crippen molar-refractivity contribution in [2.45, 2.75) is 6.42 Å². The van der Waals surface area contributed by atoms with Gasteiger partial charge in [0.15, 0.2) is 0 Å². The molecule has 2 amide bonds. The van der Waals surface area contributed by atoms with Crippen LogP contribution in [0.5, 0.6) is 0 Å². The summed E-state index contributed by atoms with van der Waals surface area (Å²) in [5.41, 5.74) is 13.7. The number of benzene rings is 1. The van der Waals surface area contributed by atoms with Crippen LogP contribution in [-0.4, -0.2) is 39.3 Å². The van der Waals surface area contributed by atoms with Crippen molar-refractivity contribution < 1.29 is 24.6 Å². The number of fused-ring (bicyclic) bond motifs is 1. The van der Waals surface area contributed by atoms with Crippen molar-refractivity contribution in [1.29, 1.82) is 0 Å². The van der Waals surface area contributed by atoms with Crippen molar-refractivity contribution in [2.24, 2.45) is 18.5 Å². The molecule has 1 aromatic heterocycles. The minimum atomic E-state index is -1.26. The molecule has 0 aliphatic rings. The summed E-state index contributed by atoms with van der Waals surface area (Å²) in [5.74, 6) is -2.51. The molecule has 9 heteroatoms. The first-order valence-electron chi connectivity index (χ1n) is 7.23. The Bertz CT molecular complexity index is 794. The lowest BCUT2D eigenvalue weighted by Gasteiger charge is -2.03. The van der Waals surface area contributed by atoms with E-state index >= 15 is 0 Å². The average Bonchev–Trinajstić information content (AvgIpc) is 2.82. The number of anilines is 1. The van der Waals surface area contributed by atoms with Crippen LogP contribution in [0.4, 0.5) is 10.5 Å². The van der Waals surface area contributed by atoms with Crippen molar-refractivity contribution in [2.75, 3.05) is 11.9 Å². The molecule has 0 atom stereocenters. The van der Waals surface area contributed by atoms with Gasteiger partial charge in [0.05, 0.1) is 0 Å². The molecule has 25 heavy (non-hydrogen) atoms. The maximum atomic E-state index is 10.8. The number of carboxylic acids is 2. The highest BCUT2D eigenvalue weighted by molar-refractivity contribution is 5.93. The van der Waals surface area contributed by atoms with E-state index in [4.69, 9.17) is 21.7 Å². The van der Waals surface area contributed by atoms with Gasteiger partial charge in [-0.25, -0.2) is 14.4 Å². The van der Waals surface area contributed by atoms with Crippen LogP contribution in [0.25, 0.3) is 10.9 Å². The minimum Gasteiger partial charge on any atom is -0.478 e. The molecule has 2 aromatic rings. The van der Waals surface area contributed by atoms with Crippen LogP contribution in [0, 0.1) is 0 Å². The van der Waals surface area contributed by atoms with Crippen LogP contribution in [0.1, 0.15) is 5.56 Å². The van der Waals surface area contributed by atoms with E-state index in [2.05, 4.69) is 11.5 Å². The van der Waals surface area contributed by atoms with E-state index in [1.54, 1.807) is 0 Å². The number of carbonyl (C=O) groups excluding carboxylic acids is 1. The van der Waals surface area contributed by atoms with Crippen LogP contribution < -0.4 is 16.8 Å². The Morgan fingerprint density at radius 3 is 2.28 bits per heavy atom. The predicted molar refractivity (Wildman–Crippen MR) is 93.3 cm³/mol. The Balaban J connectivity index is 0.000000333. The molecule has 2 rings (SSSR count). The molecule has 0 bridgehead atoms. The maximum Gasteiger partial charge on any atom is 0.328 e. The monoisotopic (exact) mass is 348 g/mol. The molecule has 134 valence electrons. The van der Waals surface area contributed by atoms with Crippen molar-refractivity contribution in [1.82, 2.24) is 4.57 Å². The van der Waals surface area contributed by atoms with Crippen LogP contribution in [0.15, 0.2) is 36.5 Å². The molecule has 0 radical (unpaired) electrons. The van der Waals surface area contributed by atoms with Crippen molar-refractivity contribution in [3.05, 3.63) is 42.1 Å². The molecule has 1 aromatic carbocycles. The van der Waals surface area contributed by atoms with Gasteiger partial charge in [-0.3, -0.25) is 0 Å². The number of nitrogens with zero attached hydrogens (tertiary/aromatic N) is 1. The van der Waals surface area contributed by atoms with Crippen molar-refractivity contribution in [3.8, 4) is 0 Å². The standard InChI is InChI=1S/C12H16N4O.C4H4O4/c1-16-7-8(4-5-13)10-6-9(15-12(14)17)2-3-11(10)16;5-3(6)1-2-4(7)8/h2-3,6-7H,4-5,13H2,1H3,(H3,14,15,17);1-2H,(H,5,6)(H,7,8). The third kappa shape index (κ3) is 6.36. The van der Waals surface area contributed by atoms with Gasteiger partial charge in [0.2, 0.25) is 0 Å². The van der Waals surface area contributed by atoms with E-state index in [9.17, 15) is 14.4 Å². The first-order valence-corrected chi connectivity index (χ1v) is 7.23. The Labute approximate surface area is 143 Å². The first-order chi connectivity index (χ1) is 11.7. The number of hydrogen-bond acceptors (Lipinski definition) is 4. The quantitative estimate of drug-likeness (QED) is 0.504. The second kappa shape index (κ2) is 9.08. The number of carbonyl (C=O) groups is 3. The van der Waals surface area contributed by atoms with Gasteiger partial charge in [0, 0.05) is 42.0 Å². The largest absolute Gasteiger partial charge is 0.478 e. The second-order valence-corrected chi connectivity index (χ2v) is 5.03. The van der Waals surface area contributed by atoms with Gasteiger partial charge in [-0.15, -0.1) is 0 Å². The van der Waals surface area contributed by atoms with Crippen LogP contribution in [-0.2, 0) is 23.1 Å². The zero-order chi connectivity index (χ0) is 19.0. The van der Waals surface area contributed by atoms with E-state index in [-0.39, 0.29) is 0 Å². The van der Waals surface area contributed by atoms with Gasteiger partial charge in [0.1, 0.15) is 0 Å². The topological polar surface area (TPSA) is 161 Å². The first kappa shape index (κ1) is 19.7. The summed E-state index contributed by atoms with van der Waals surface area (Å²) < 4.78 is 2.05. The molecule has 1 heterocycles. The van der Waals surface area contributed by atoms with Gasteiger partial charge in [-0.2, -0.15) is 0 Å². The summed E-state index contributed by atoms with van der Waals surface area (Å²) in [6.07, 6.45) is 3.99. The molecule has 7 N–H and O–H groups in total. The fourth-order valence-electron chi connectivity index (χ4n) is 2.19. The van der Waals surface area contributed by atoms with E-state index < -0.39 is 18.0 Å². The number of nitrogens with two attached hydrogens (primary N) is 2. The number of carboxylic acid groups (broad SMARTS) is 2. The number of urea groups is 1. The highest BCUT2D eigenvalue weighted by Crippen LogP contribution is 2.24. The Hall–Kier alpha value is -3.33. The Kier molecular flexibility index (Phi) is 7.16. The summed E-state index contributed by atoms with van der Waals surface area (Å²) in [6.45, 7) is 0.604. The van der Waals surface area contributed by atoms with Gasteiger partial charge >= 0.3 is 18.0 Å². The summed E-state index contributed by atoms with van der Waals surface area (Å²) in [4.78, 5) is 29.9. The van der Waals surface area contributed by atoms with Gasteiger partial charge in [-0.05, 0) is 36.7 Å². The zero-order valence-electron chi connectivity index (χ0n) is 13.6. The molecule has 0 aliphatic heterocycles. The summed E-state index contributed by atoms with van der Waals surface area (Å²) >= 11 is 0. The minimum absolute atomic E-state index is 0.555. The van der Waals surface area contributed by atoms with E-state index in [0.29, 0.717) is 24.4 Å². The van der Waals surface area contributed by atoms with Crippen molar-refractivity contribution >= 4 is 34.6 Å². The van der Waals surface area contributed by atoms with E-state index in [1.807, 2.05) is 29.8 Å². The number of aliphatic carboxylic acids is 2. The Morgan fingerprint density at radius 2 is 1.80 bits per heavy atom. The summed E-state index contributed by atoms with van der Waals surface area (Å²) in [5, 5.41) is 19.3. The molecular weight excluding hydrogens is 328 g/mol. The SMILES string of the molecule is Cn1cc(CCN)c2cc(NC(N)=O)ccc21.O=C(O)C=CC(=O)O.